The van der Waals surface area contributed by atoms with Crippen LogP contribution in [0.3, 0.4) is 0 Å². The number of carbonyl (C=O) groups excluding carboxylic acids is 2. The highest BCUT2D eigenvalue weighted by Crippen LogP contribution is 2.31. The monoisotopic (exact) mass is 385 g/mol. The molecule has 0 unspecified atom stereocenters. The molecule has 2 fully saturated rings. The zero-order chi connectivity index (χ0) is 18.8. The molecule has 0 spiro atoms. The zero-order valence-electron chi connectivity index (χ0n) is 15.4. The Morgan fingerprint density at radius 3 is 2.59 bits per heavy atom. The molecule has 2 amide bonds. The number of rotatable bonds is 5. The Morgan fingerprint density at radius 1 is 1.19 bits per heavy atom. The first-order valence-corrected chi connectivity index (χ1v) is 10.2. The fourth-order valence-electron chi connectivity index (χ4n) is 3.25. The van der Waals surface area contributed by atoms with Crippen LogP contribution in [-0.4, -0.2) is 52.8 Å². The summed E-state index contributed by atoms with van der Waals surface area (Å²) in [7, 11) is 0. The standard InChI is InChI=1S/C20H23N3O3S/c1-14-21-17(13-27-14)12-26-18-4-2-3-16(11-18)20(25)23-9-7-22(8-10-23)19(24)15-5-6-15/h2-4,11,13,15H,5-10,12H2,1H3. The van der Waals surface area contributed by atoms with Gasteiger partial charge in [-0.25, -0.2) is 4.98 Å². The fraction of sp³-hybridized carbons (Fsp3) is 0.450. The number of aromatic nitrogens is 1. The van der Waals surface area contributed by atoms with Crippen LogP contribution in [0.1, 0.15) is 33.9 Å². The number of nitrogens with zero attached hydrogens (tertiary/aromatic N) is 3. The first-order chi connectivity index (χ1) is 13.1. The summed E-state index contributed by atoms with van der Waals surface area (Å²) in [6.07, 6.45) is 2.04. The van der Waals surface area contributed by atoms with Crippen LogP contribution in [0, 0.1) is 12.8 Å². The molecule has 0 N–H and O–H groups in total. The van der Waals surface area contributed by atoms with Gasteiger partial charge in [0.15, 0.2) is 0 Å². The van der Waals surface area contributed by atoms with E-state index in [0.717, 1.165) is 23.5 Å². The smallest absolute Gasteiger partial charge is 0.254 e. The van der Waals surface area contributed by atoms with E-state index in [1.54, 1.807) is 17.4 Å². The van der Waals surface area contributed by atoms with Gasteiger partial charge in [-0.15, -0.1) is 11.3 Å². The lowest BCUT2D eigenvalue weighted by Crippen LogP contribution is -2.51. The van der Waals surface area contributed by atoms with Gasteiger partial charge >= 0.3 is 0 Å². The van der Waals surface area contributed by atoms with Gasteiger partial charge < -0.3 is 14.5 Å². The van der Waals surface area contributed by atoms with Crippen LogP contribution in [-0.2, 0) is 11.4 Å². The maximum Gasteiger partial charge on any atom is 0.254 e. The van der Waals surface area contributed by atoms with Crippen molar-refractivity contribution in [1.29, 1.82) is 0 Å². The Hall–Kier alpha value is -2.41. The number of aryl methyl sites for hydroxylation is 1. The van der Waals surface area contributed by atoms with Crippen molar-refractivity contribution < 1.29 is 14.3 Å². The fourth-order valence-corrected chi connectivity index (χ4v) is 3.85. The van der Waals surface area contributed by atoms with Gasteiger partial charge in [0.2, 0.25) is 5.91 Å². The maximum atomic E-state index is 12.8. The summed E-state index contributed by atoms with van der Waals surface area (Å²) in [5.74, 6) is 1.15. The molecular formula is C20H23N3O3S. The topological polar surface area (TPSA) is 62.7 Å². The van der Waals surface area contributed by atoms with Crippen LogP contribution >= 0.6 is 11.3 Å². The van der Waals surface area contributed by atoms with Crippen molar-refractivity contribution >= 4 is 23.2 Å². The van der Waals surface area contributed by atoms with Crippen molar-refractivity contribution in [3.63, 3.8) is 0 Å². The minimum Gasteiger partial charge on any atom is -0.487 e. The van der Waals surface area contributed by atoms with E-state index in [1.165, 1.54) is 0 Å². The molecule has 1 aromatic heterocycles. The Morgan fingerprint density at radius 2 is 1.93 bits per heavy atom. The molecule has 1 saturated heterocycles. The number of ether oxygens (including phenoxy) is 1. The number of thiazole rings is 1. The summed E-state index contributed by atoms with van der Waals surface area (Å²) in [6.45, 7) is 4.77. The highest BCUT2D eigenvalue weighted by atomic mass is 32.1. The Kier molecular flexibility index (Phi) is 5.11. The predicted molar refractivity (Wildman–Crippen MR) is 103 cm³/mol. The Labute approximate surface area is 162 Å². The number of amides is 2. The van der Waals surface area contributed by atoms with Crippen LogP contribution < -0.4 is 4.74 Å². The second-order valence-electron chi connectivity index (χ2n) is 7.07. The van der Waals surface area contributed by atoms with Crippen molar-refractivity contribution in [2.24, 2.45) is 5.92 Å². The van der Waals surface area contributed by atoms with Crippen molar-refractivity contribution in [3.05, 3.63) is 45.9 Å². The number of piperazine rings is 1. The molecule has 2 heterocycles. The lowest BCUT2D eigenvalue weighted by atomic mass is 10.1. The molecule has 27 heavy (non-hydrogen) atoms. The minimum absolute atomic E-state index is 0.0107. The highest BCUT2D eigenvalue weighted by molar-refractivity contribution is 7.09. The Balaban J connectivity index is 1.34. The normalized spacial score (nSPS) is 17.1. The predicted octanol–water partition coefficient (Wildman–Crippen LogP) is 2.72. The van der Waals surface area contributed by atoms with Gasteiger partial charge in [0.1, 0.15) is 12.4 Å². The van der Waals surface area contributed by atoms with Crippen molar-refractivity contribution in [1.82, 2.24) is 14.8 Å². The molecule has 1 aromatic carbocycles. The van der Waals surface area contributed by atoms with Crippen LogP contribution in [0.25, 0.3) is 0 Å². The highest BCUT2D eigenvalue weighted by Gasteiger charge is 2.35. The molecule has 1 aliphatic heterocycles. The minimum atomic E-state index is -0.0107. The van der Waals surface area contributed by atoms with E-state index in [0.29, 0.717) is 44.1 Å². The van der Waals surface area contributed by atoms with E-state index in [1.807, 2.05) is 40.3 Å². The second kappa shape index (κ2) is 7.68. The quantitative estimate of drug-likeness (QED) is 0.794. The number of hydrogen-bond donors (Lipinski definition) is 0. The molecular weight excluding hydrogens is 362 g/mol. The van der Waals surface area contributed by atoms with Gasteiger partial charge in [0, 0.05) is 43.0 Å². The molecule has 7 heteroatoms. The summed E-state index contributed by atoms with van der Waals surface area (Å²) in [5.41, 5.74) is 1.51. The van der Waals surface area contributed by atoms with E-state index in [9.17, 15) is 9.59 Å². The molecule has 0 atom stereocenters. The average molecular weight is 385 g/mol. The molecule has 0 bridgehead atoms. The third-order valence-electron chi connectivity index (χ3n) is 4.94. The molecule has 2 aromatic rings. The Bertz CT molecular complexity index is 839. The number of hydrogen-bond acceptors (Lipinski definition) is 5. The largest absolute Gasteiger partial charge is 0.487 e. The van der Waals surface area contributed by atoms with Crippen LogP contribution in [0.5, 0.6) is 5.75 Å². The van der Waals surface area contributed by atoms with Crippen LogP contribution in [0.4, 0.5) is 0 Å². The van der Waals surface area contributed by atoms with Gasteiger partial charge in [0.05, 0.1) is 10.7 Å². The first kappa shape index (κ1) is 18.0. The first-order valence-electron chi connectivity index (χ1n) is 9.32. The second-order valence-corrected chi connectivity index (χ2v) is 8.13. The van der Waals surface area contributed by atoms with Gasteiger partial charge in [-0.1, -0.05) is 6.07 Å². The summed E-state index contributed by atoms with van der Waals surface area (Å²) in [6, 6.07) is 7.27. The number of carbonyl (C=O) groups is 2. The third-order valence-corrected chi connectivity index (χ3v) is 5.76. The number of benzene rings is 1. The lowest BCUT2D eigenvalue weighted by Gasteiger charge is -2.35. The molecule has 1 aliphatic carbocycles. The van der Waals surface area contributed by atoms with E-state index < -0.39 is 0 Å². The zero-order valence-corrected chi connectivity index (χ0v) is 16.2. The van der Waals surface area contributed by atoms with E-state index in [2.05, 4.69) is 4.98 Å². The van der Waals surface area contributed by atoms with Gasteiger partial charge in [-0.2, -0.15) is 0 Å². The van der Waals surface area contributed by atoms with Crippen molar-refractivity contribution in [2.45, 2.75) is 26.4 Å². The van der Waals surface area contributed by atoms with Crippen LogP contribution in [0.2, 0.25) is 0 Å². The molecule has 6 nitrogen and oxygen atoms in total. The molecule has 2 aliphatic rings. The van der Waals surface area contributed by atoms with Crippen LogP contribution in [0.15, 0.2) is 29.6 Å². The average Bonchev–Trinajstić information content (AvgIpc) is 3.47. The van der Waals surface area contributed by atoms with Gasteiger partial charge in [0.25, 0.3) is 5.91 Å². The summed E-state index contributed by atoms with van der Waals surface area (Å²) in [4.78, 5) is 33.1. The van der Waals surface area contributed by atoms with Gasteiger partial charge in [-0.3, -0.25) is 9.59 Å². The summed E-state index contributed by atoms with van der Waals surface area (Å²) >= 11 is 1.59. The molecule has 0 radical (unpaired) electrons. The van der Waals surface area contributed by atoms with E-state index in [-0.39, 0.29) is 17.7 Å². The SMILES string of the molecule is Cc1nc(COc2cccc(C(=O)N3CCN(C(=O)C4CC4)CC3)c2)cs1. The van der Waals surface area contributed by atoms with Crippen molar-refractivity contribution in [3.8, 4) is 5.75 Å². The van der Waals surface area contributed by atoms with E-state index in [4.69, 9.17) is 4.74 Å². The molecule has 4 rings (SSSR count). The lowest BCUT2D eigenvalue weighted by molar-refractivity contribution is -0.134. The molecule has 1 saturated carbocycles. The third kappa shape index (κ3) is 4.30. The maximum absolute atomic E-state index is 12.8. The van der Waals surface area contributed by atoms with Gasteiger partial charge in [-0.05, 0) is 38.0 Å². The summed E-state index contributed by atoms with van der Waals surface area (Å²) in [5, 5.41) is 2.99. The summed E-state index contributed by atoms with van der Waals surface area (Å²) < 4.78 is 5.79. The molecule has 142 valence electrons. The van der Waals surface area contributed by atoms with E-state index >= 15 is 0 Å². The van der Waals surface area contributed by atoms with Crippen molar-refractivity contribution in [2.75, 3.05) is 26.2 Å².